The summed E-state index contributed by atoms with van der Waals surface area (Å²) in [6.07, 6.45) is 2.05. The van der Waals surface area contributed by atoms with Crippen LogP contribution in [0, 0.1) is 11.7 Å². The standard InChI is InChI=1S/C14H19BrFNO/c1-4-9(2)7-10(3)17-14(18)11-5-6-13(16)12(15)8-11/h5-6,8-10H,4,7H2,1-3H3,(H,17,18). The summed E-state index contributed by atoms with van der Waals surface area (Å²) in [6.45, 7) is 6.29. The number of nitrogens with one attached hydrogen (secondary N) is 1. The quantitative estimate of drug-likeness (QED) is 0.869. The van der Waals surface area contributed by atoms with Crippen LogP contribution >= 0.6 is 15.9 Å². The molecule has 1 aromatic rings. The minimum absolute atomic E-state index is 0.122. The number of carbonyl (C=O) groups excluding carboxylic acids is 1. The zero-order valence-corrected chi connectivity index (χ0v) is 12.6. The van der Waals surface area contributed by atoms with Crippen LogP contribution in [0.1, 0.15) is 44.0 Å². The number of benzene rings is 1. The number of halogens is 2. The highest BCUT2D eigenvalue weighted by atomic mass is 79.9. The van der Waals surface area contributed by atoms with E-state index in [2.05, 4.69) is 35.1 Å². The Kier molecular flexibility index (Phi) is 5.79. The van der Waals surface area contributed by atoms with Gasteiger partial charge in [-0.15, -0.1) is 0 Å². The Bertz CT molecular complexity index is 422. The van der Waals surface area contributed by atoms with Gasteiger partial charge in [0, 0.05) is 11.6 Å². The van der Waals surface area contributed by atoms with E-state index in [1.165, 1.54) is 18.2 Å². The van der Waals surface area contributed by atoms with Crippen LogP contribution in [0.2, 0.25) is 0 Å². The summed E-state index contributed by atoms with van der Waals surface area (Å²) >= 11 is 3.08. The first-order valence-corrected chi connectivity index (χ1v) is 6.99. The van der Waals surface area contributed by atoms with E-state index >= 15 is 0 Å². The van der Waals surface area contributed by atoms with Gasteiger partial charge in [-0.25, -0.2) is 4.39 Å². The summed E-state index contributed by atoms with van der Waals surface area (Å²) < 4.78 is 13.4. The van der Waals surface area contributed by atoms with Gasteiger partial charge in [0.15, 0.2) is 0 Å². The molecule has 0 spiro atoms. The fourth-order valence-electron chi connectivity index (χ4n) is 1.77. The van der Waals surface area contributed by atoms with Crippen LogP contribution in [0.3, 0.4) is 0 Å². The van der Waals surface area contributed by atoms with E-state index in [1.807, 2.05) is 6.92 Å². The Morgan fingerprint density at radius 1 is 1.44 bits per heavy atom. The molecule has 0 aliphatic heterocycles. The van der Waals surface area contributed by atoms with Crippen molar-refractivity contribution in [3.63, 3.8) is 0 Å². The lowest BCUT2D eigenvalue weighted by Gasteiger charge is -2.17. The van der Waals surface area contributed by atoms with E-state index < -0.39 is 0 Å². The molecule has 1 aromatic carbocycles. The monoisotopic (exact) mass is 315 g/mol. The van der Waals surface area contributed by atoms with Crippen LogP contribution in [0.25, 0.3) is 0 Å². The first kappa shape index (κ1) is 15.2. The molecule has 0 saturated heterocycles. The van der Waals surface area contributed by atoms with Crippen molar-refractivity contribution in [3.05, 3.63) is 34.1 Å². The van der Waals surface area contributed by atoms with E-state index in [-0.39, 0.29) is 17.8 Å². The maximum absolute atomic E-state index is 13.1. The van der Waals surface area contributed by atoms with Crippen molar-refractivity contribution in [1.29, 1.82) is 0 Å². The first-order chi connectivity index (χ1) is 8.43. The SMILES string of the molecule is CCC(C)CC(C)NC(=O)c1ccc(F)c(Br)c1. The normalized spacial score (nSPS) is 14.1. The van der Waals surface area contributed by atoms with Crippen molar-refractivity contribution in [2.75, 3.05) is 0 Å². The average molecular weight is 316 g/mol. The van der Waals surface area contributed by atoms with Gasteiger partial charge in [0.25, 0.3) is 5.91 Å². The maximum atomic E-state index is 13.1. The van der Waals surface area contributed by atoms with E-state index in [9.17, 15) is 9.18 Å². The fourth-order valence-corrected chi connectivity index (χ4v) is 2.15. The molecule has 0 saturated carbocycles. The highest BCUT2D eigenvalue weighted by molar-refractivity contribution is 9.10. The van der Waals surface area contributed by atoms with Crippen LogP contribution < -0.4 is 5.32 Å². The zero-order valence-electron chi connectivity index (χ0n) is 11.0. The topological polar surface area (TPSA) is 29.1 Å². The molecule has 0 fully saturated rings. The molecule has 0 aliphatic rings. The molecule has 0 aromatic heterocycles. The lowest BCUT2D eigenvalue weighted by atomic mass is 10.0. The Morgan fingerprint density at radius 3 is 2.67 bits per heavy atom. The minimum Gasteiger partial charge on any atom is -0.350 e. The second-order valence-corrected chi connectivity index (χ2v) is 5.61. The molecule has 0 aliphatic carbocycles. The predicted molar refractivity (Wildman–Crippen MR) is 75.1 cm³/mol. The number of hydrogen-bond donors (Lipinski definition) is 1. The fraction of sp³-hybridized carbons (Fsp3) is 0.500. The largest absolute Gasteiger partial charge is 0.350 e. The number of amides is 1. The van der Waals surface area contributed by atoms with Crippen molar-refractivity contribution >= 4 is 21.8 Å². The Labute approximate surface area is 116 Å². The van der Waals surface area contributed by atoms with Gasteiger partial charge in [-0.1, -0.05) is 20.3 Å². The van der Waals surface area contributed by atoms with E-state index in [4.69, 9.17) is 0 Å². The molecule has 2 atom stereocenters. The lowest BCUT2D eigenvalue weighted by Crippen LogP contribution is -2.33. The number of hydrogen-bond acceptors (Lipinski definition) is 1. The summed E-state index contributed by atoms with van der Waals surface area (Å²) in [4.78, 5) is 11.9. The summed E-state index contributed by atoms with van der Waals surface area (Å²) in [6, 6.07) is 4.40. The molecule has 0 heterocycles. The van der Waals surface area contributed by atoms with Crippen molar-refractivity contribution in [2.45, 2.75) is 39.7 Å². The summed E-state index contributed by atoms with van der Waals surface area (Å²) in [7, 11) is 0. The highest BCUT2D eigenvalue weighted by Gasteiger charge is 2.13. The van der Waals surface area contributed by atoms with E-state index in [1.54, 1.807) is 0 Å². The van der Waals surface area contributed by atoms with Gasteiger partial charge in [0.2, 0.25) is 0 Å². The van der Waals surface area contributed by atoms with E-state index in [0.29, 0.717) is 16.0 Å². The molecule has 100 valence electrons. The summed E-state index contributed by atoms with van der Waals surface area (Å²) in [5.41, 5.74) is 0.472. The number of carbonyl (C=O) groups is 1. The Morgan fingerprint density at radius 2 is 2.11 bits per heavy atom. The molecule has 1 N–H and O–H groups in total. The van der Waals surface area contributed by atoms with Crippen LogP contribution in [0.5, 0.6) is 0 Å². The summed E-state index contributed by atoms with van der Waals surface area (Å²) in [5.74, 6) is 0.0611. The maximum Gasteiger partial charge on any atom is 0.251 e. The van der Waals surface area contributed by atoms with Gasteiger partial charge in [0.1, 0.15) is 5.82 Å². The molecule has 0 bridgehead atoms. The molecular formula is C14H19BrFNO. The average Bonchev–Trinajstić information content (AvgIpc) is 2.32. The molecule has 2 unspecified atom stereocenters. The van der Waals surface area contributed by atoms with Gasteiger partial charge >= 0.3 is 0 Å². The molecule has 18 heavy (non-hydrogen) atoms. The van der Waals surface area contributed by atoms with Gasteiger partial charge in [0.05, 0.1) is 4.47 Å². The number of rotatable bonds is 5. The second-order valence-electron chi connectivity index (χ2n) is 4.75. The lowest BCUT2D eigenvalue weighted by molar-refractivity contribution is 0.0935. The van der Waals surface area contributed by atoms with Crippen LogP contribution in [-0.4, -0.2) is 11.9 Å². The van der Waals surface area contributed by atoms with E-state index in [0.717, 1.165) is 12.8 Å². The van der Waals surface area contributed by atoms with Crippen molar-refractivity contribution < 1.29 is 9.18 Å². The molecule has 1 amide bonds. The van der Waals surface area contributed by atoms with Crippen molar-refractivity contribution in [3.8, 4) is 0 Å². The van der Waals surface area contributed by atoms with Gasteiger partial charge in [-0.2, -0.15) is 0 Å². The van der Waals surface area contributed by atoms with Crippen LogP contribution in [0.4, 0.5) is 4.39 Å². The van der Waals surface area contributed by atoms with Gasteiger partial charge in [-0.05, 0) is 53.4 Å². The predicted octanol–water partition coefficient (Wildman–Crippen LogP) is 4.14. The molecule has 4 heteroatoms. The molecular weight excluding hydrogens is 297 g/mol. The minimum atomic E-state index is -0.362. The molecule has 1 rings (SSSR count). The Hall–Kier alpha value is -0.900. The first-order valence-electron chi connectivity index (χ1n) is 6.20. The van der Waals surface area contributed by atoms with Gasteiger partial charge in [-0.3, -0.25) is 4.79 Å². The third-order valence-electron chi connectivity index (χ3n) is 3.01. The zero-order chi connectivity index (χ0) is 13.7. The Balaban J connectivity index is 2.62. The smallest absolute Gasteiger partial charge is 0.251 e. The molecule has 2 nitrogen and oxygen atoms in total. The van der Waals surface area contributed by atoms with Crippen LogP contribution in [0.15, 0.2) is 22.7 Å². The van der Waals surface area contributed by atoms with Crippen LogP contribution in [-0.2, 0) is 0 Å². The highest BCUT2D eigenvalue weighted by Crippen LogP contribution is 2.17. The third-order valence-corrected chi connectivity index (χ3v) is 3.62. The van der Waals surface area contributed by atoms with Gasteiger partial charge < -0.3 is 5.32 Å². The third kappa shape index (κ3) is 4.41. The molecule has 0 radical (unpaired) electrons. The van der Waals surface area contributed by atoms with Crippen molar-refractivity contribution in [1.82, 2.24) is 5.32 Å². The second kappa shape index (κ2) is 6.88. The summed E-state index contributed by atoms with van der Waals surface area (Å²) in [5, 5.41) is 2.93. The van der Waals surface area contributed by atoms with Crippen molar-refractivity contribution in [2.24, 2.45) is 5.92 Å².